The van der Waals surface area contributed by atoms with Crippen molar-refractivity contribution in [3.63, 3.8) is 0 Å². The third-order valence-corrected chi connectivity index (χ3v) is 6.44. The van der Waals surface area contributed by atoms with Crippen molar-refractivity contribution in [1.82, 2.24) is 10.2 Å². The van der Waals surface area contributed by atoms with Gasteiger partial charge < -0.3 is 19.7 Å². The Labute approximate surface area is 209 Å². The van der Waals surface area contributed by atoms with Gasteiger partial charge in [0.05, 0.1) is 11.6 Å². The Morgan fingerprint density at radius 3 is 2.44 bits per heavy atom. The van der Waals surface area contributed by atoms with Crippen molar-refractivity contribution in [1.29, 1.82) is 0 Å². The van der Waals surface area contributed by atoms with Crippen LogP contribution in [0.2, 0.25) is 0 Å². The van der Waals surface area contributed by atoms with Gasteiger partial charge in [-0.2, -0.15) is 0 Å². The molecule has 3 aromatic rings. The maximum Gasteiger partial charge on any atom is 0.261 e. The molecule has 0 aliphatic carbocycles. The lowest BCUT2D eigenvalue weighted by Crippen LogP contribution is -2.50. The Hall–Kier alpha value is -3.06. The second kappa shape index (κ2) is 12.4. The minimum Gasteiger partial charge on any atom is -0.497 e. The zero-order valence-corrected chi connectivity index (χ0v) is 21.4. The molecule has 0 bridgehead atoms. The summed E-state index contributed by atoms with van der Waals surface area (Å²) in [4.78, 5) is 27.8. The lowest BCUT2D eigenvalue weighted by atomic mass is 10.1. The summed E-state index contributed by atoms with van der Waals surface area (Å²) in [6, 6.07) is 18.7. The summed E-state index contributed by atoms with van der Waals surface area (Å²) in [6.07, 6.45) is 1.32. The lowest BCUT2D eigenvalue weighted by molar-refractivity contribution is -0.143. The van der Waals surface area contributed by atoms with E-state index in [1.165, 1.54) is 0 Å². The molecule has 0 saturated heterocycles. The summed E-state index contributed by atoms with van der Waals surface area (Å²) in [7, 11) is 1.61. The van der Waals surface area contributed by atoms with E-state index < -0.39 is 6.04 Å². The number of rotatable bonds is 11. The highest BCUT2D eigenvalue weighted by atomic mass is 79.9. The number of fused-ring (bicyclic) bond motifs is 1. The van der Waals surface area contributed by atoms with Crippen molar-refractivity contribution in [2.75, 3.05) is 20.3 Å². The third-order valence-electron chi connectivity index (χ3n) is 5.63. The first-order chi connectivity index (χ1) is 16.5. The molecule has 0 saturated carbocycles. The Morgan fingerprint density at radius 2 is 1.76 bits per heavy atom. The monoisotopic (exact) mass is 526 g/mol. The average Bonchev–Trinajstić information content (AvgIpc) is 2.87. The van der Waals surface area contributed by atoms with Crippen molar-refractivity contribution in [2.24, 2.45) is 0 Å². The van der Waals surface area contributed by atoms with E-state index in [0.29, 0.717) is 25.3 Å². The van der Waals surface area contributed by atoms with Gasteiger partial charge in [-0.3, -0.25) is 9.59 Å². The molecule has 0 heterocycles. The first-order valence-corrected chi connectivity index (χ1v) is 12.3. The van der Waals surface area contributed by atoms with E-state index >= 15 is 0 Å². The summed E-state index contributed by atoms with van der Waals surface area (Å²) in [5.74, 6) is 0.909. The molecule has 1 atom stereocenters. The van der Waals surface area contributed by atoms with Crippen molar-refractivity contribution in [3.8, 4) is 11.5 Å². The number of hydrogen-bond acceptors (Lipinski definition) is 4. The molecule has 3 rings (SSSR count). The molecule has 0 radical (unpaired) electrons. The highest BCUT2D eigenvalue weighted by molar-refractivity contribution is 9.10. The summed E-state index contributed by atoms with van der Waals surface area (Å²) < 4.78 is 12.0. The first-order valence-electron chi connectivity index (χ1n) is 11.5. The molecule has 0 spiro atoms. The summed E-state index contributed by atoms with van der Waals surface area (Å²) in [6.45, 7) is 4.59. The van der Waals surface area contributed by atoms with Crippen LogP contribution in [0.5, 0.6) is 11.5 Å². The molecule has 7 heteroatoms. The summed E-state index contributed by atoms with van der Waals surface area (Å²) in [5.41, 5.74) is 0.905. The van der Waals surface area contributed by atoms with Gasteiger partial charge in [0.1, 0.15) is 17.5 Å². The number of amides is 2. The largest absolute Gasteiger partial charge is 0.497 e. The number of hydrogen-bond donors (Lipinski definition) is 1. The minimum absolute atomic E-state index is 0.155. The predicted molar refractivity (Wildman–Crippen MR) is 138 cm³/mol. The number of benzene rings is 3. The molecule has 34 heavy (non-hydrogen) atoms. The van der Waals surface area contributed by atoms with Gasteiger partial charge >= 0.3 is 0 Å². The Balaban J connectivity index is 1.81. The standard InChI is InChI=1S/C27H31BrN2O4/c1-4-16-29-27(32)23(5-2)30(17-19-10-13-21(33-3)14-11-19)25(31)18-34-24-15-12-20-8-6-7-9-22(20)26(24)28/h6-15,23H,4-5,16-18H2,1-3H3,(H,29,32). The fraction of sp³-hybridized carbons (Fsp3) is 0.333. The van der Waals surface area contributed by atoms with Gasteiger partial charge in [-0.25, -0.2) is 0 Å². The number of methoxy groups -OCH3 is 1. The van der Waals surface area contributed by atoms with Gasteiger partial charge in [-0.1, -0.05) is 56.3 Å². The molecular weight excluding hydrogens is 496 g/mol. The number of nitrogens with one attached hydrogen (secondary N) is 1. The van der Waals surface area contributed by atoms with Crippen LogP contribution in [0.3, 0.4) is 0 Å². The molecule has 0 fully saturated rings. The van der Waals surface area contributed by atoms with Crippen LogP contribution < -0.4 is 14.8 Å². The zero-order valence-electron chi connectivity index (χ0n) is 19.8. The van der Waals surface area contributed by atoms with Gasteiger partial charge in [0.2, 0.25) is 5.91 Å². The second-order valence-corrected chi connectivity index (χ2v) is 8.77. The van der Waals surface area contributed by atoms with Crippen LogP contribution in [0, 0.1) is 0 Å². The normalized spacial score (nSPS) is 11.6. The van der Waals surface area contributed by atoms with Crippen LogP contribution in [0.4, 0.5) is 0 Å². The van der Waals surface area contributed by atoms with Crippen LogP contribution in [-0.4, -0.2) is 43.0 Å². The molecule has 0 aliphatic heterocycles. The number of carbonyl (C=O) groups excluding carboxylic acids is 2. The SMILES string of the molecule is CCCNC(=O)C(CC)N(Cc1ccc(OC)cc1)C(=O)COc1ccc2ccccc2c1Br. The van der Waals surface area contributed by atoms with Crippen LogP contribution in [-0.2, 0) is 16.1 Å². The Bertz CT molecular complexity index is 1120. The molecule has 1 N–H and O–H groups in total. The summed E-state index contributed by atoms with van der Waals surface area (Å²) >= 11 is 3.60. The lowest BCUT2D eigenvalue weighted by Gasteiger charge is -2.30. The van der Waals surface area contributed by atoms with Crippen molar-refractivity contribution in [2.45, 2.75) is 39.3 Å². The van der Waals surface area contributed by atoms with E-state index in [4.69, 9.17) is 9.47 Å². The number of ether oxygens (including phenoxy) is 2. The fourth-order valence-electron chi connectivity index (χ4n) is 3.76. The highest BCUT2D eigenvalue weighted by Gasteiger charge is 2.29. The summed E-state index contributed by atoms with van der Waals surface area (Å²) in [5, 5.41) is 5.01. The van der Waals surface area contributed by atoms with Crippen LogP contribution in [0.25, 0.3) is 10.8 Å². The minimum atomic E-state index is -0.593. The second-order valence-electron chi connectivity index (χ2n) is 7.97. The van der Waals surface area contributed by atoms with E-state index in [0.717, 1.165) is 33.0 Å². The molecule has 180 valence electrons. The fourth-order valence-corrected chi connectivity index (χ4v) is 4.37. The Kier molecular flexibility index (Phi) is 9.33. The van der Waals surface area contributed by atoms with Gasteiger partial charge in [-0.05, 0) is 63.3 Å². The van der Waals surface area contributed by atoms with E-state index in [9.17, 15) is 9.59 Å². The number of carbonyl (C=O) groups is 2. The molecular formula is C27H31BrN2O4. The smallest absolute Gasteiger partial charge is 0.261 e. The van der Waals surface area contributed by atoms with Crippen LogP contribution >= 0.6 is 15.9 Å². The van der Waals surface area contributed by atoms with Crippen molar-refractivity contribution in [3.05, 3.63) is 70.7 Å². The van der Waals surface area contributed by atoms with Gasteiger partial charge in [0.25, 0.3) is 5.91 Å². The average molecular weight is 527 g/mol. The molecule has 0 aliphatic rings. The number of nitrogens with zero attached hydrogens (tertiary/aromatic N) is 1. The topological polar surface area (TPSA) is 67.9 Å². The molecule has 3 aromatic carbocycles. The van der Waals surface area contributed by atoms with Gasteiger partial charge in [0, 0.05) is 13.1 Å². The van der Waals surface area contributed by atoms with Gasteiger partial charge in [0.15, 0.2) is 6.61 Å². The first kappa shape index (κ1) is 25.6. The van der Waals surface area contributed by atoms with Crippen molar-refractivity contribution < 1.29 is 19.1 Å². The Morgan fingerprint density at radius 1 is 1.03 bits per heavy atom. The third kappa shape index (κ3) is 6.29. The maximum atomic E-state index is 13.4. The van der Waals surface area contributed by atoms with E-state index in [-0.39, 0.29) is 18.4 Å². The van der Waals surface area contributed by atoms with E-state index in [1.807, 2.05) is 74.5 Å². The number of halogens is 1. The molecule has 1 unspecified atom stereocenters. The zero-order chi connectivity index (χ0) is 24.5. The molecule has 0 aromatic heterocycles. The van der Waals surface area contributed by atoms with E-state index in [2.05, 4.69) is 21.2 Å². The van der Waals surface area contributed by atoms with E-state index in [1.54, 1.807) is 12.0 Å². The predicted octanol–water partition coefficient (Wildman–Crippen LogP) is 5.32. The molecule has 6 nitrogen and oxygen atoms in total. The molecule has 2 amide bonds. The highest BCUT2D eigenvalue weighted by Crippen LogP contribution is 2.33. The van der Waals surface area contributed by atoms with Crippen LogP contribution in [0.15, 0.2) is 65.1 Å². The van der Waals surface area contributed by atoms with Gasteiger partial charge in [-0.15, -0.1) is 0 Å². The van der Waals surface area contributed by atoms with Crippen molar-refractivity contribution >= 4 is 38.5 Å². The quantitative estimate of drug-likeness (QED) is 0.367. The van der Waals surface area contributed by atoms with Crippen LogP contribution in [0.1, 0.15) is 32.3 Å². The maximum absolute atomic E-state index is 13.4.